The third kappa shape index (κ3) is 1.68. The minimum absolute atomic E-state index is 0.427. The van der Waals surface area contributed by atoms with Crippen LogP contribution in [0.2, 0.25) is 15.1 Å². The van der Waals surface area contributed by atoms with Crippen molar-refractivity contribution < 1.29 is 0 Å². The zero-order valence-corrected chi connectivity index (χ0v) is 10.8. The fourth-order valence-corrected chi connectivity index (χ4v) is 2.60. The highest BCUT2D eigenvalue weighted by Gasteiger charge is 2.09. The summed E-state index contributed by atoms with van der Waals surface area (Å²) in [5.41, 5.74) is 0. The quantitative estimate of drug-likeness (QED) is 0.473. The van der Waals surface area contributed by atoms with Gasteiger partial charge in [0.05, 0.1) is 15.1 Å². The Labute approximate surface area is 114 Å². The van der Waals surface area contributed by atoms with Gasteiger partial charge in [0.1, 0.15) is 0 Å². The first-order chi connectivity index (χ1) is 8.18. The van der Waals surface area contributed by atoms with Gasteiger partial charge in [-0.1, -0.05) is 59.1 Å². The highest BCUT2D eigenvalue weighted by atomic mass is 35.5. The molecule has 0 unspecified atom stereocenters. The fourth-order valence-electron chi connectivity index (χ4n) is 1.96. The van der Waals surface area contributed by atoms with Crippen LogP contribution in [0.1, 0.15) is 0 Å². The third-order valence-corrected chi connectivity index (χ3v) is 3.83. The zero-order chi connectivity index (χ0) is 12.0. The summed E-state index contributed by atoms with van der Waals surface area (Å²) in [6.07, 6.45) is 0. The van der Waals surface area contributed by atoms with Gasteiger partial charge in [0.25, 0.3) is 0 Å². The van der Waals surface area contributed by atoms with Crippen molar-refractivity contribution in [2.75, 3.05) is 0 Å². The van der Waals surface area contributed by atoms with Gasteiger partial charge in [-0.05, 0) is 16.8 Å². The number of fused-ring (bicyclic) bond motifs is 3. The number of benzene rings is 3. The number of rotatable bonds is 0. The zero-order valence-electron chi connectivity index (χ0n) is 8.52. The molecule has 3 heteroatoms. The molecule has 0 heterocycles. The molecular weight excluding hydrogens is 275 g/mol. The monoisotopic (exact) mass is 278 g/mol. The summed E-state index contributed by atoms with van der Waals surface area (Å²) in [5.74, 6) is 0. The van der Waals surface area contributed by atoms with Gasteiger partial charge in [-0.25, -0.2) is 0 Å². The van der Waals surface area contributed by atoms with Crippen LogP contribution in [0.15, 0.2) is 30.3 Å². The summed E-state index contributed by atoms with van der Waals surface area (Å²) in [5, 5.41) is 5.33. The molecule has 82 valence electrons. The lowest BCUT2D eigenvalue weighted by atomic mass is 10.0. The van der Waals surface area contributed by atoms with Gasteiger partial charge >= 0.3 is 0 Å². The molecule has 0 aromatic heterocycles. The van der Waals surface area contributed by atoms with Crippen molar-refractivity contribution in [2.45, 2.75) is 0 Å². The average Bonchev–Trinajstić information content (AvgIpc) is 2.34. The maximum absolute atomic E-state index is 6.24. The van der Waals surface area contributed by atoms with E-state index >= 15 is 0 Å². The van der Waals surface area contributed by atoms with Crippen molar-refractivity contribution in [3.8, 4) is 0 Å². The maximum Gasteiger partial charge on any atom is 0.0683 e. The van der Waals surface area contributed by atoms with E-state index in [9.17, 15) is 0 Å². The van der Waals surface area contributed by atoms with Gasteiger partial charge in [-0.15, -0.1) is 0 Å². The van der Waals surface area contributed by atoms with E-state index in [0.29, 0.717) is 15.1 Å². The van der Waals surface area contributed by atoms with E-state index < -0.39 is 0 Å². The standard InChI is InChI=1S/C14H5Cl3/c15-11-3-1-2-10-9(11)6-4-8-5-7-12(16)14(17)13(8)10/h1-2,4-6H. The van der Waals surface area contributed by atoms with E-state index in [4.69, 9.17) is 34.8 Å². The first-order valence-corrected chi connectivity index (χ1v) is 6.10. The largest absolute Gasteiger partial charge is 0.0830 e. The van der Waals surface area contributed by atoms with Gasteiger partial charge < -0.3 is 0 Å². The number of hydrogen-bond donors (Lipinski definition) is 0. The van der Waals surface area contributed by atoms with Crippen molar-refractivity contribution in [1.29, 1.82) is 0 Å². The van der Waals surface area contributed by atoms with Gasteiger partial charge in [-0.3, -0.25) is 0 Å². The Morgan fingerprint density at radius 3 is 2.47 bits per heavy atom. The second kappa shape index (κ2) is 4.06. The molecule has 0 N–H and O–H groups in total. The lowest BCUT2D eigenvalue weighted by Gasteiger charge is -2.07. The van der Waals surface area contributed by atoms with E-state index in [0.717, 1.165) is 21.5 Å². The topological polar surface area (TPSA) is 0 Å². The number of halogens is 3. The third-order valence-electron chi connectivity index (χ3n) is 2.74. The summed E-state index contributed by atoms with van der Waals surface area (Å²) in [4.78, 5) is 0. The Kier molecular flexibility index (Phi) is 2.67. The molecule has 17 heavy (non-hydrogen) atoms. The minimum atomic E-state index is 0.427. The van der Waals surface area contributed by atoms with Crippen molar-refractivity contribution in [3.63, 3.8) is 0 Å². The molecule has 0 nitrogen and oxygen atoms in total. The van der Waals surface area contributed by atoms with Crippen LogP contribution < -0.4 is 0 Å². The smallest absolute Gasteiger partial charge is 0.0683 e. The predicted molar refractivity (Wildman–Crippen MR) is 74.2 cm³/mol. The van der Waals surface area contributed by atoms with Crippen molar-refractivity contribution in [3.05, 3.63) is 57.5 Å². The lowest BCUT2D eigenvalue weighted by Crippen LogP contribution is -1.81. The highest BCUT2D eigenvalue weighted by Crippen LogP contribution is 2.37. The van der Waals surface area contributed by atoms with Crippen molar-refractivity contribution in [1.82, 2.24) is 0 Å². The SMILES string of the molecule is Clc1[c]cc2ccc3c(Cl)[c]ccc3c2c1Cl. The lowest BCUT2D eigenvalue weighted by molar-refractivity contribution is 1.74. The highest BCUT2D eigenvalue weighted by molar-refractivity contribution is 6.47. The molecule has 0 saturated carbocycles. The van der Waals surface area contributed by atoms with Crippen molar-refractivity contribution >= 4 is 56.3 Å². The first-order valence-electron chi connectivity index (χ1n) is 4.97. The van der Waals surface area contributed by atoms with E-state index in [1.165, 1.54) is 0 Å². The maximum atomic E-state index is 6.24. The summed E-state index contributed by atoms with van der Waals surface area (Å²) >= 11 is 18.4. The molecule has 0 aliphatic heterocycles. The van der Waals surface area contributed by atoms with Gasteiger partial charge in [-0.2, -0.15) is 0 Å². The van der Waals surface area contributed by atoms with Gasteiger partial charge in [0, 0.05) is 22.9 Å². The molecule has 0 aliphatic carbocycles. The van der Waals surface area contributed by atoms with Crippen LogP contribution in [0.3, 0.4) is 0 Å². The molecule has 0 bridgehead atoms. The Morgan fingerprint density at radius 2 is 1.65 bits per heavy atom. The molecule has 3 aromatic carbocycles. The minimum Gasteiger partial charge on any atom is -0.0830 e. The van der Waals surface area contributed by atoms with Crippen LogP contribution in [0.4, 0.5) is 0 Å². The second-order valence-electron chi connectivity index (χ2n) is 3.70. The van der Waals surface area contributed by atoms with E-state index in [-0.39, 0.29) is 0 Å². The number of hydrogen-bond acceptors (Lipinski definition) is 0. The normalized spacial score (nSPS) is 11.2. The average molecular weight is 280 g/mol. The first kappa shape index (κ1) is 11.2. The van der Waals surface area contributed by atoms with Crippen LogP contribution in [-0.4, -0.2) is 0 Å². The van der Waals surface area contributed by atoms with Crippen LogP contribution in [-0.2, 0) is 0 Å². The van der Waals surface area contributed by atoms with Crippen LogP contribution in [0, 0.1) is 12.1 Å². The van der Waals surface area contributed by atoms with Crippen LogP contribution in [0.5, 0.6) is 0 Å². The Morgan fingerprint density at radius 1 is 0.824 bits per heavy atom. The summed E-state index contributed by atoms with van der Waals surface area (Å²) < 4.78 is 0. The molecular formula is C14H5Cl3. The van der Waals surface area contributed by atoms with E-state index in [1.54, 1.807) is 6.07 Å². The Balaban J connectivity index is 2.63. The molecule has 0 fully saturated rings. The van der Waals surface area contributed by atoms with Gasteiger partial charge in [0.2, 0.25) is 0 Å². The second-order valence-corrected chi connectivity index (χ2v) is 4.83. The van der Waals surface area contributed by atoms with E-state index in [1.807, 2.05) is 24.3 Å². The van der Waals surface area contributed by atoms with Crippen LogP contribution >= 0.6 is 34.8 Å². The predicted octanol–water partition coefficient (Wildman–Crippen LogP) is 5.55. The molecule has 0 saturated heterocycles. The molecule has 2 radical (unpaired) electrons. The molecule has 3 rings (SSSR count). The van der Waals surface area contributed by atoms with E-state index in [2.05, 4.69) is 12.1 Å². The van der Waals surface area contributed by atoms with Crippen LogP contribution in [0.25, 0.3) is 21.5 Å². The Hall–Kier alpha value is -0.950. The summed E-state index contributed by atoms with van der Waals surface area (Å²) in [6.45, 7) is 0. The molecule has 0 aliphatic rings. The van der Waals surface area contributed by atoms with Crippen molar-refractivity contribution in [2.24, 2.45) is 0 Å². The Bertz CT molecular complexity index is 732. The molecule has 0 atom stereocenters. The molecule has 0 spiro atoms. The summed E-state index contributed by atoms with van der Waals surface area (Å²) in [6, 6.07) is 15.3. The molecule has 3 aromatic rings. The fraction of sp³-hybridized carbons (Fsp3) is 0. The summed E-state index contributed by atoms with van der Waals surface area (Å²) in [7, 11) is 0. The van der Waals surface area contributed by atoms with Gasteiger partial charge in [0.15, 0.2) is 0 Å². The molecule has 0 amide bonds.